The molecule has 1 aromatic carbocycles. The minimum Gasteiger partial charge on any atom is -0.497 e. The highest BCUT2D eigenvalue weighted by Crippen LogP contribution is 2.27. The van der Waals surface area contributed by atoms with E-state index in [-0.39, 0.29) is 35.9 Å². The minimum absolute atomic E-state index is 0.0116. The van der Waals surface area contributed by atoms with Gasteiger partial charge < -0.3 is 20.5 Å². The van der Waals surface area contributed by atoms with Gasteiger partial charge in [-0.1, -0.05) is 0 Å². The molecule has 0 unspecified atom stereocenters. The quantitative estimate of drug-likeness (QED) is 0.740. The van der Waals surface area contributed by atoms with Crippen molar-refractivity contribution in [3.05, 3.63) is 24.3 Å². The monoisotopic (exact) mass is 397 g/mol. The summed E-state index contributed by atoms with van der Waals surface area (Å²) in [7, 11) is -2.07. The predicted molar refractivity (Wildman–Crippen MR) is 99.7 cm³/mol. The third-order valence-corrected chi connectivity index (χ3v) is 7.38. The molecule has 3 N–H and O–H groups in total. The number of carbonyl (C=O) groups is 1. The number of aliphatic hydroxyl groups excluding tert-OH is 1. The molecule has 9 heteroatoms. The summed E-state index contributed by atoms with van der Waals surface area (Å²) in [5.41, 5.74) is 5.80. The third-order valence-electron chi connectivity index (χ3n) is 5.47. The van der Waals surface area contributed by atoms with E-state index in [4.69, 9.17) is 10.5 Å². The number of carbonyl (C=O) groups excluding carboxylic acids is 1. The number of ether oxygens (including phenoxy) is 1. The van der Waals surface area contributed by atoms with Crippen LogP contribution in [0.4, 0.5) is 0 Å². The third kappa shape index (κ3) is 4.26. The largest absolute Gasteiger partial charge is 0.497 e. The van der Waals surface area contributed by atoms with Crippen molar-refractivity contribution in [3.63, 3.8) is 0 Å². The van der Waals surface area contributed by atoms with Gasteiger partial charge in [0.1, 0.15) is 5.75 Å². The molecule has 3 rings (SSSR count). The molecule has 0 bridgehead atoms. The van der Waals surface area contributed by atoms with Crippen LogP contribution in [-0.4, -0.2) is 74.1 Å². The van der Waals surface area contributed by atoms with E-state index >= 15 is 0 Å². The summed E-state index contributed by atoms with van der Waals surface area (Å²) in [6.07, 6.45) is 1.03. The molecule has 1 aromatic rings. The van der Waals surface area contributed by atoms with Gasteiger partial charge >= 0.3 is 0 Å². The van der Waals surface area contributed by atoms with Crippen LogP contribution in [0.5, 0.6) is 5.75 Å². The lowest BCUT2D eigenvalue weighted by Crippen LogP contribution is -2.53. The van der Waals surface area contributed by atoms with Crippen LogP contribution in [0.15, 0.2) is 29.2 Å². The number of hydrogen-bond donors (Lipinski definition) is 2. The first-order chi connectivity index (χ1) is 12.8. The molecule has 0 spiro atoms. The zero-order valence-corrected chi connectivity index (χ0v) is 16.3. The molecule has 0 aromatic heterocycles. The molecule has 2 aliphatic rings. The molecule has 150 valence electrons. The molecule has 0 radical (unpaired) electrons. The first-order valence-corrected chi connectivity index (χ1v) is 10.6. The van der Waals surface area contributed by atoms with E-state index in [9.17, 15) is 18.3 Å². The van der Waals surface area contributed by atoms with Crippen LogP contribution in [0.1, 0.15) is 19.3 Å². The molecule has 2 fully saturated rings. The van der Waals surface area contributed by atoms with Gasteiger partial charge in [0, 0.05) is 38.1 Å². The smallest absolute Gasteiger partial charge is 0.243 e. The second-order valence-electron chi connectivity index (χ2n) is 7.15. The molecule has 27 heavy (non-hydrogen) atoms. The lowest BCUT2D eigenvalue weighted by molar-refractivity contribution is -0.139. The molecule has 1 aliphatic heterocycles. The first-order valence-electron chi connectivity index (χ1n) is 9.19. The molecule has 1 amide bonds. The van der Waals surface area contributed by atoms with Crippen LogP contribution in [0, 0.1) is 5.92 Å². The molecule has 1 aliphatic carbocycles. The zero-order valence-electron chi connectivity index (χ0n) is 15.5. The van der Waals surface area contributed by atoms with E-state index in [0.29, 0.717) is 38.1 Å². The van der Waals surface area contributed by atoms with Crippen LogP contribution in [0.2, 0.25) is 0 Å². The van der Waals surface area contributed by atoms with Gasteiger partial charge in [0.25, 0.3) is 0 Å². The fraction of sp³-hybridized carbons (Fsp3) is 0.611. The second-order valence-corrected chi connectivity index (χ2v) is 9.08. The number of aliphatic hydroxyl groups is 1. The normalized spacial score (nSPS) is 27.4. The van der Waals surface area contributed by atoms with Gasteiger partial charge in [-0.15, -0.1) is 0 Å². The van der Waals surface area contributed by atoms with E-state index in [2.05, 4.69) is 0 Å². The van der Waals surface area contributed by atoms with Crippen molar-refractivity contribution in [3.8, 4) is 5.75 Å². The van der Waals surface area contributed by atoms with Gasteiger partial charge in [-0.25, -0.2) is 8.42 Å². The number of nitrogens with two attached hydrogens (primary N) is 1. The average Bonchev–Trinajstić information content (AvgIpc) is 2.69. The summed E-state index contributed by atoms with van der Waals surface area (Å²) in [5, 5.41) is 9.92. The lowest BCUT2D eigenvalue weighted by atomic mass is 9.83. The number of methoxy groups -OCH3 is 1. The minimum atomic E-state index is -3.59. The molecule has 1 saturated heterocycles. The Labute approximate surface area is 159 Å². The van der Waals surface area contributed by atoms with Gasteiger partial charge in [0.2, 0.25) is 15.9 Å². The van der Waals surface area contributed by atoms with E-state index in [1.165, 1.54) is 23.5 Å². The molecule has 1 saturated carbocycles. The van der Waals surface area contributed by atoms with Gasteiger partial charge in [-0.2, -0.15) is 4.31 Å². The van der Waals surface area contributed by atoms with E-state index in [1.54, 1.807) is 17.0 Å². The van der Waals surface area contributed by atoms with Gasteiger partial charge in [-0.3, -0.25) is 4.79 Å². The summed E-state index contributed by atoms with van der Waals surface area (Å²) in [6, 6.07) is 6.02. The summed E-state index contributed by atoms with van der Waals surface area (Å²) in [5.74, 6) is 0.353. The lowest BCUT2D eigenvalue weighted by Gasteiger charge is -2.38. The van der Waals surface area contributed by atoms with Crippen molar-refractivity contribution in [2.45, 2.75) is 36.3 Å². The van der Waals surface area contributed by atoms with Crippen LogP contribution in [0.25, 0.3) is 0 Å². The van der Waals surface area contributed by atoms with E-state index in [1.807, 2.05) is 0 Å². The topological polar surface area (TPSA) is 113 Å². The number of piperazine rings is 1. The number of nitrogens with zero attached hydrogens (tertiary/aromatic N) is 2. The maximum atomic E-state index is 12.8. The Kier molecular flexibility index (Phi) is 6.05. The Morgan fingerprint density at radius 1 is 1.15 bits per heavy atom. The molecular formula is C18H27N3O5S. The SMILES string of the molecule is COc1ccc(S(=O)(=O)N2CCN(C(=O)[C@H]3CC[C@H](N)[C@@H](O)C3)CC2)cc1. The number of amides is 1. The summed E-state index contributed by atoms with van der Waals surface area (Å²) in [4.78, 5) is 14.6. The number of sulfonamides is 1. The number of benzene rings is 1. The van der Waals surface area contributed by atoms with Crippen molar-refractivity contribution < 1.29 is 23.1 Å². The summed E-state index contributed by atoms with van der Waals surface area (Å²) in [6.45, 7) is 1.23. The Hall–Kier alpha value is -1.68. The zero-order chi connectivity index (χ0) is 19.6. The number of rotatable bonds is 4. The highest BCUT2D eigenvalue weighted by molar-refractivity contribution is 7.89. The second kappa shape index (κ2) is 8.14. The van der Waals surface area contributed by atoms with Crippen LogP contribution in [0.3, 0.4) is 0 Å². The van der Waals surface area contributed by atoms with Crippen LogP contribution in [-0.2, 0) is 14.8 Å². The van der Waals surface area contributed by atoms with Gasteiger partial charge in [-0.05, 0) is 43.5 Å². The summed E-state index contributed by atoms with van der Waals surface area (Å²) >= 11 is 0. The van der Waals surface area contributed by atoms with Crippen molar-refractivity contribution in [1.29, 1.82) is 0 Å². The highest BCUT2D eigenvalue weighted by atomic mass is 32.2. The fourth-order valence-electron chi connectivity index (χ4n) is 3.70. The van der Waals surface area contributed by atoms with Crippen molar-refractivity contribution >= 4 is 15.9 Å². The summed E-state index contributed by atoms with van der Waals surface area (Å²) < 4.78 is 32.0. The maximum absolute atomic E-state index is 12.8. The number of hydrogen-bond acceptors (Lipinski definition) is 6. The predicted octanol–water partition coefficient (Wildman–Crippen LogP) is 0.0164. The molecule has 3 atom stereocenters. The molecular weight excluding hydrogens is 370 g/mol. The van der Waals surface area contributed by atoms with Crippen molar-refractivity contribution in [2.75, 3.05) is 33.3 Å². The van der Waals surface area contributed by atoms with Gasteiger partial charge in [0.05, 0.1) is 18.1 Å². The van der Waals surface area contributed by atoms with E-state index < -0.39 is 16.1 Å². The standard InChI is InChI=1S/C18H27N3O5S/c1-26-14-3-5-15(6-4-14)27(24,25)21-10-8-20(9-11-21)18(23)13-2-7-16(19)17(22)12-13/h3-6,13,16-17,22H,2,7-12,19H2,1H3/t13-,16-,17-/m0/s1. The van der Waals surface area contributed by atoms with Crippen molar-refractivity contribution in [2.24, 2.45) is 11.7 Å². The van der Waals surface area contributed by atoms with Crippen LogP contribution >= 0.6 is 0 Å². The van der Waals surface area contributed by atoms with Crippen LogP contribution < -0.4 is 10.5 Å². The van der Waals surface area contributed by atoms with Crippen molar-refractivity contribution in [1.82, 2.24) is 9.21 Å². The Morgan fingerprint density at radius 2 is 1.78 bits per heavy atom. The van der Waals surface area contributed by atoms with Gasteiger partial charge in [0.15, 0.2) is 0 Å². The fourth-order valence-corrected chi connectivity index (χ4v) is 5.12. The highest BCUT2D eigenvalue weighted by Gasteiger charge is 2.36. The molecule has 1 heterocycles. The Bertz CT molecular complexity index is 760. The van der Waals surface area contributed by atoms with E-state index in [0.717, 1.165) is 0 Å². The first kappa shape index (κ1) is 20.1. The molecule has 8 nitrogen and oxygen atoms in total. The Balaban J connectivity index is 1.60. The average molecular weight is 397 g/mol. The Morgan fingerprint density at radius 3 is 2.33 bits per heavy atom. The maximum Gasteiger partial charge on any atom is 0.243 e.